The molecule has 3 aromatic rings. The second kappa shape index (κ2) is 10.9. The minimum atomic E-state index is -0.955. The number of ether oxygens (including phenoxy) is 3. The Labute approximate surface area is 214 Å². The van der Waals surface area contributed by atoms with E-state index in [1.54, 1.807) is 66.7 Å². The zero-order chi connectivity index (χ0) is 26.5. The molecule has 1 fully saturated rings. The highest BCUT2D eigenvalue weighted by Crippen LogP contribution is 2.44. The lowest BCUT2D eigenvalue weighted by Crippen LogP contribution is -2.29. The molecule has 4 rings (SSSR count). The third-order valence-electron chi connectivity index (χ3n) is 6.04. The van der Waals surface area contributed by atoms with Crippen LogP contribution < -0.4 is 19.1 Å². The van der Waals surface area contributed by atoms with Crippen LogP contribution in [-0.4, -0.2) is 37.6 Å². The molecule has 8 heteroatoms. The molecule has 1 unspecified atom stereocenters. The first-order chi connectivity index (χ1) is 17.9. The second-order valence-electron chi connectivity index (χ2n) is 8.32. The first-order valence-electron chi connectivity index (χ1n) is 11.7. The molecule has 3 aromatic carbocycles. The molecule has 0 spiro atoms. The lowest BCUT2D eigenvalue weighted by Gasteiger charge is -2.26. The Morgan fingerprint density at radius 1 is 0.973 bits per heavy atom. The summed E-state index contributed by atoms with van der Waals surface area (Å²) < 4.78 is 16.4. The number of hydrogen-bond acceptors (Lipinski definition) is 7. The average Bonchev–Trinajstić information content (AvgIpc) is 3.21. The highest BCUT2D eigenvalue weighted by molar-refractivity contribution is 6.51. The van der Waals surface area contributed by atoms with Crippen LogP contribution in [-0.2, 0) is 9.59 Å². The summed E-state index contributed by atoms with van der Waals surface area (Å²) in [4.78, 5) is 28.0. The van der Waals surface area contributed by atoms with Crippen molar-refractivity contribution in [2.75, 3.05) is 25.7 Å². The van der Waals surface area contributed by atoms with Gasteiger partial charge in [0.2, 0.25) is 0 Å². The SMILES string of the molecule is CCCOc1ccc(/C(O)=C2/C(=O)C(=O)N(c3ccc(C#N)cc3)C2c2ccc(OC)c(OC)c2)cc1. The summed E-state index contributed by atoms with van der Waals surface area (Å²) in [7, 11) is 3.00. The van der Waals surface area contributed by atoms with Gasteiger partial charge in [0.05, 0.1) is 44.1 Å². The van der Waals surface area contributed by atoms with Gasteiger partial charge in [-0.1, -0.05) is 13.0 Å². The Kier molecular flexibility index (Phi) is 7.44. The molecule has 1 aliphatic rings. The molecule has 1 N–H and O–H groups in total. The zero-order valence-corrected chi connectivity index (χ0v) is 20.7. The monoisotopic (exact) mass is 498 g/mol. The van der Waals surface area contributed by atoms with Gasteiger partial charge in [-0.05, 0) is 72.6 Å². The van der Waals surface area contributed by atoms with Crippen LogP contribution in [0.4, 0.5) is 5.69 Å². The number of carbonyl (C=O) groups excluding carboxylic acids is 2. The largest absolute Gasteiger partial charge is 0.507 e. The summed E-state index contributed by atoms with van der Waals surface area (Å²) in [6, 6.07) is 19.1. The van der Waals surface area contributed by atoms with Gasteiger partial charge >= 0.3 is 0 Å². The van der Waals surface area contributed by atoms with Crippen molar-refractivity contribution in [3.05, 3.63) is 89.0 Å². The number of carbonyl (C=O) groups is 2. The predicted molar refractivity (Wildman–Crippen MR) is 138 cm³/mol. The highest BCUT2D eigenvalue weighted by Gasteiger charge is 2.47. The molecule has 37 heavy (non-hydrogen) atoms. The number of Topliss-reactive ketones (excluding diaryl/α,β-unsaturated/α-hetero) is 1. The fraction of sp³-hybridized carbons (Fsp3) is 0.207. The third-order valence-corrected chi connectivity index (χ3v) is 6.04. The van der Waals surface area contributed by atoms with Crippen LogP contribution in [0.5, 0.6) is 17.2 Å². The molecule has 1 atom stereocenters. The number of nitrogens with zero attached hydrogens (tertiary/aromatic N) is 2. The summed E-state index contributed by atoms with van der Waals surface area (Å²) in [5.41, 5.74) is 1.65. The van der Waals surface area contributed by atoms with Crippen molar-refractivity contribution in [2.24, 2.45) is 0 Å². The van der Waals surface area contributed by atoms with E-state index < -0.39 is 17.7 Å². The summed E-state index contributed by atoms with van der Waals surface area (Å²) in [5.74, 6) is -0.418. The molecule has 0 saturated carbocycles. The summed E-state index contributed by atoms with van der Waals surface area (Å²) in [6.45, 7) is 2.56. The first kappa shape index (κ1) is 25.3. The summed E-state index contributed by atoms with van der Waals surface area (Å²) in [5, 5.41) is 20.5. The van der Waals surface area contributed by atoms with Gasteiger partial charge in [0.1, 0.15) is 11.5 Å². The molecular weight excluding hydrogens is 472 g/mol. The third kappa shape index (κ3) is 4.84. The van der Waals surface area contributed by atoms with Gasteiger partial charge < -0.3 is 19.3 Å². The number of ketones is 1. The van der Waals surface area contributed by atoms with Crippen molar-refractivity contribution in [2.45, 2.75) is 19.4 Å². The van der Waals surface area contributed by atoms with Gasteiger partial charge in [-0.25, -0.2) is 0 Å². The van der Waals surface area contributed by atoms with Crippen molar-refractivity contribution in [3.63, 3.8) is 0 Å². The lowest BCUT2D eigenvalue weighted by atomic mass is 9.94. The van der Waals surface area contributed by atoms with Gasteiger partial charge in [0.25, 0.3) is 11.7 Å². The number of benzene rings is 3. The maximum Gasteiger partial charge on any atom is 0.300 e. The molecule has 0 radical (unpaired) electrons. The van der Waals surface area contributed by atoms with E-state index in [2.05, 4.69) is 0 Å². The fourth-order valence-corrected chi connectivity index (χ4v) is 4.22. The Hall–Kier alpha value is -4.77. The molecule has 8 nitrogen and oxygen atoms in total. The normalized spacial score (nSPS) is 16.4. The minimum Gasteiger partial charge on any atom is -0.507 e. The van der Waals surface area contributed by atoms with E-state index in [1.807, 2.05) is 13.0 Å². The summed E-state index contributed by atoms with van der Waals surface area (Å²) in [6.07, 6.45) is 0.853. The maximum absolute atomic E-state index is 13.4. The molecular formula is C29H26N2O6. The van der Waals surface area contributed by atoms with Crippen LogP contribution in [0, 0.1) is 11.3 Å². The van der Waals surface area contributed by atoms with Crippen LogP contribution in [0.3, 0.4) is 0 Å². The van der Waals surface area contributed by atoms with Crippen molar-refractivity contribution in [3.8, 4) is 23.3 Å². The quantitative estimate of drug-likeness (QED) is 0.265. The standard InChI is InChI=1S/C29H26N2O6/c1-4-15-37-22-12-7-19(8-13-22)27(32)25-26(20-9-14-23(35-2)24(16-20)36-3)31(29(34)28(25)33)21-10-5-18(17-30)6-11-21/h5-14,16,26,32H,4,15H2,1-3H3/b27-25-. The molecule has 188 valence electrons. The highest BCUT2D eigenvalue weighted by atomic mass is 16.5. The van der Waals surface area contributed by atoms with Gasteiger partial charge in [0, 0.05) is 11.3 Å². The van der Waals surface area contributed by atoms with Crippen LogP contribution in [0.25, 0.3) is 5.76 Å². The van der Waals surface area contributed by atoms with E-state index in [-0.39, 0.29) is 11.3 Å². The van der Waals surface area contributed by atoms with Crippen LogP contribution >= 0.6 is 0 Å². The topological polar surface area (TPSA) is 109 Å². The molecule has 1 heterocycles. The summed E-state index contributed by atoms with van der Waals surface area (Å²) >= 11 is 0. The smallest absolute Gasteiger partial charge is 0.300 e. The molecule has 0 bridgehead atoms. The van der Waals surface area contributed by atoms with E-state index >= 15 is 0 Å². The van der Waals surface area contributed by atoms with Gasteiger partial charge in [-0.2, -0.15) is 5.26 Å². The Bertz CT molecular complexity index is 1390. The maximum atomic E-state index is 13.4. The predicted octanol–water partition coefficient (Wildman–Crippen LogP) is 4.99. The number of anilines is 1. The van der Waals surface area contributed by atoms with Crippen molar-refractivity contribution >= 4 is 23.1 Å². The minimum absolute atomic E-state index is 0.0659. The Balaban J connectivity index is 1.88. The number of rotatable bonds is 8. The van der Waals surface area contributed by atoms with E-state index in [0.717, 1.165) is 6.42 Å². The number of amides is 1. The van der Waals surface area contributed by atoms with Gasteiger partial charge in [-0.3, -0.25) is 14.5 Å². The van der Waals surface area contributed by atoms with Crippen LogP contribution in [0.15, 0.2) is 72.3 Å². The van der Waals surface area contributed by atoms with Crippen molar-refractivity contribution < 1.29 is 28.9 Å². The number of aliphatic hydroxyl groups excluding tert-OH is 1. The van der Waals surface area contributed by atoms with Gasteiger partial charge in [0.15, 0.2) is 11.5 Å². The first-order valence-corrected chi connectivity index (χ1v) is 11.7. The Morgan fingerprint density at radius 3 is 2.24 bits per heavy atom. The molecule has 1 saturated heterocycles. The van der Waals surface area contributed by atoms with E-state index in [0.29, 0.717) is 46.2 Å². The number of hydrogen-bond donors (Lipinski definition) is 1. The van der Waals surface area contributed by atoms with Crippen LogP contribution in [0.2, 0.25) is 0 Å². The van der Waals surface area contributed by atoms with E-state index in [1.165, 1.54) is 19.1 Å². The zero-order valence-electron chi connectivity index (χ0n) is 20.7. The van der Waals surface area contributed by atoms with Gasteiger partial charge in [-0.15, -0.1) is 0 Å². The molecule has 0 aromatic heterocycles. The lowest BCUT2D eigenvalue weighted by molar-refractivity contribution is -0.132. The van der Waals surface area contributed by atoms with Crippen molar-refractivity contribution in [1.29, 1.82) is 5.26 Å². The van der Waals surface area contributed by atoms with Crippen LogP contribution in [0.1, 0.15) is 36.1 Å². The van der Waals surface area contributed by atoms with E-state index in [4.69, 9.17) is 14.2 Å². The molecule has 0 aliphatic carbocycles. The number of nitriles is 1. The number of aliphatic hydroxyl groups is 1. The molecule has 1 amide bonds. The number of methoxy groups -OCH3 is 2. The second-order valence-corrected chi connectivity index (χ2v) is 8.32. The average molecular weight is 499 g/mol. The van der Waals surface area contributed by atoms with E-state index in [9.17, 15) is 20.0 Å². The molecule has 1 aliphatic heterocycles. The Morgan fingerprint density at radius 2 is 1.65 bits per heavy atom. The van der Waals surface area contributed by atoms with Crippen molar-refractivity contribution in [1.82, 2.24) is 0 Å². The fourth-order valence-electron chi connectivity index (χ4n) is 4.22.